The Morgan fingerprint density at radius 3 is 2.84 bits per heavy atom. The maximum atomic E-state index is 13.6. The van der Waals surface area contributed by atoms with E-state index in [1.807, 2.05) is 36.2 Å². The number of carbonyl (C=O) groups is 1. The molecule has 1 aromatic carbocycles. The van der Waals surface area contributed by atoms with Crippen LogP contribution in [0.15, 0.2) is 24.3 Å². The Kier molecular flexibility index (Phi) is 4.49. The van der Waals surface area contributed by atoms with E-state index in [4.69, 9.17) is 4.74 Å². The third-order valence-electron chi connectivity index (χ3n) is 5.18. The van der Waals surface area contributed by atoms with Crippen LogP contribution >= 0.6 is 11.3 Å². The lowest BCUT2D eigenvalue weighted by Gasteiger charge is -2.39. The van der Waals surface area contributed by atoms with E-state index in [2.05, 4.69) is 4.98 Å². The van der Waals surface area contributed by atoms with Crippen LogP contribution in [-0.4, -0.2) is 42.3 Å². The average molecular weight is 361 g/mol. The number of rotatable bonds is 3. The van der Waals surface area contributed by atoms with E-state index in [1.165, 1.54) is 17.8 Å². The molecule has 2 aliphatic rings. The van der Waals surface area contributed by atoms with E-state index in [9.17, 15) is 10.0 Å². The zero-order valence-corrected chi connectivity index (χ0v) is 15.2. The van der Waals surface area contributed by atoms with Crippen LogP contribution in [0.2, 0.25) is 0 Å². The summed E-state index contributed by atoms with van der Waals surface area (Å²) in [5.41, 5.74) is 0.822. The van der Waals surface area contributed by atoms with Crippen LogP contribution in [0.1, 0.15) is 32.1 Å². The minimum absolute atomic E-state index is 0.0523. The molecule has 0 spiro atoms. The number of quaternary nitrogens is 1. The fraction of sp³-hybridized carbons (Fsp3) is 0.556. The number of esters is 1. The van der Waals surface area contributed by atoms with Crippen LogP contribution in [0.25, 0.3) is 10.2 Å². The molecule has 0 radical (unpaired) electrons. The maximum absolute atomic E-state index is 13.6. The zero-order valence-electron chi connectivity index (χ0n) is 14.4. The molecular formula is C18H23N3O3S. The van der Waals surface area contributed by atoms with Gasteiger partial charge in [0.1, 0.15) is 6.67 Å². The van der Waals surface area contributed by atoms with Gasteiger partial charge in [-0.25, -0.2) is 4.90 Å². The van der Waals surface area contributed by atoms with Crippen molar-refractivity contribution in [2.45, 2.75) is 38.3 Å². The molecule has 7 heteroatoms. The molecule has 0 N–H and O–H groups in total. The van der Waals surface area contributed by atoms with Crippen molar-refractivity contribution in [2.24, 2.45) is 5.92 Å². The molecule has 134 valence electrons. The van der Waals surface area contributed by atoms with Crippen LogP contribution in [0, 0.1) is 11.1 Å². The zero-order chi connectivity index (χ0) is 17.4. The molecule has 2 atom stereocenters. The Morgan fingerprint density at radius 1 is 1.32 bits per heavy atom. The van der Waals surface area contributed by atoms with Crippen molar-refractivity contribution in [3.63, 3.8) is 0 Å². The number of hydrogen-bond donors (Lipinski definition) is 0. The van der Waals surface area contributed by atoms with Gasteiger partial charge in [0.15, 0.2) is 0 Å². The molecule has 1 saturated heterocycles. The standard InChI is InChI=1S/C18H23N3O3S/c1-20-11-16(24-17(22)13-7-3-2-4-8-13)21(23,12-20)18-19-14-9-5-6-10-15(14)25-18/h5-6,9-10,13,16H,2-4,7-8,11-12H2,1H3. The molecular weight excluding hydrogens is 338 g/mol. The summed E-state index contributed by atoms with van der Waals surface area (Å²) in [6.07, 6.45) is 4.34. The summed E-state index contributed by atoms with van der Waals surface area (Å²) in [4.78, 5) is 19.0. The van der Waals surface area contributed by atoms with Crippen LogP contribution < -0.4 is 4.65 Å². The number of para-hydroxylation sites is 1. The first-order chi connectivity index (χ1) is 12.1. The van der Waals surface area contributed by atoms with E-state index in [0.717, 1.165) is 35.9 Å². The number of hydroxylamine groups is 2. The number of carbonyl (C=O) groups excluding carboxylic acids is 1. The van der Waals surface area contributed by atoms with Gasteiger partial charge in [0.05, 0.1) is 22.7 Å². The SMILES string of the molecule is CN1CC(OC(=O)C2CCCCC2)[N+]([O-])(c2nc3ccccc3s2)C1. The van der Waals surface area contributed by atoms with Gasteiger partial charge in [-0.3, -0.25) is 9.44 Å². The topological polar surface area (TPSA) is 65.5 Å². The molecule has 0 bridgehead atoms. The smallest absolute Gasteiger partial charge is 0.313 e. The molecule has 2 fully saturated rings. The highest BCUT2D eigenvalue weighted by atomic mass is 32.1. The van der Waals surface area contributed by atoms with Crippen molar-refractivity contribution >= 4 is 32.7 Å². The van der Waals surface area contributed by atoms with E-state index in [-0.39, 0.29) is 18.6 Å². The normalized spacial score (nSPS) is 28.5. The number of nitrogens with zero attached hydrogens (tertiary/aromatic N) is 3. The van der Waals surface area contributed by atoms with E-state index in [0.29, 0.717) is 11.7 Å². The molecule has 4 rings (SSSR count). The second-order valence-electron chi connectivity index (χ2n) is 7.17. The third kappa shape index (κ3) is 3.17. The van der Waals surface area contributed by atoms with Gasteiger partial charge in [-0.2, -0.15) is 4.98 Å². The molecule has 1 aliphatic heterocycles. The molecule has 1 aromatic heterocycles. The van der Waals surface area contributed by atoms with Gasteiger partial charge >= 0.3 is 5.97 Å². The number of aromatic nitrogens is 1. The summed E-state index contributed by atoms with van der Waals surface area (Å²) in [5.74, 6) is -0.261. The predicted octanol–water partition coefficient (Wildman–Crippen LogP) is 3.45. The molecule has 6 nitrogen and oxygen atoms in total. The lowest BCUT2D eigenvalue weighted by molar-refractivity contribution is -0.159. The lowest BCUT2D eigenvalue weighted by Crippen LogP contribution is -2.51. The van der Waals surface area contributed by atoms with Crippen molar-refractivity contribution in [2.75, 3.05) is 20.3 Å². The van der Waals surface area contributed by atoms with Gasteiger partial charge in [0, 0.05) is 0 Å². The second-order valence-corrected chi connectivity index (χ2v) is 8.18. The molecule has 2 aromatic rings. The fourth-order valence-electron chi connectivity index (χ4n) is 3.80. The molecule has 2 heterocycles. The highest BCUT2D eigenvalue weighted by molar-refractivity contribution is 7.22. The van der Waals surface area contributed by atoms with Crippen LogP contribution in [0.3, 0.4) is 0 Å². The monoisotopic (exact) mass is 361 g/mol. The highest BCUT2D eigenvalue weighted by Crippen LogP contribution is 2.38. The van der Waals surface area contributed by atoms with Crippen molar-refractivity contribution in [3.05, 3.63) is 29.5 Å². The average Bonchev–Trinajstić information content (AvgIpc) is 3.17. The number of fused-ring (bicyclic) bond motifs is 1. The van der Waals surface area contributed by atoms with Gasteiger partial charge in [0.2, 0.25) is 0 Å². The van der Waals surface area contributed by atoms with Crippen molar-refractivity contribution in [1.82, 2.24) is 14.5 Å². The molecule has 1 saturated carbocycles. The van der Waals surface area contributed by atoms with Gasteiger partial charge in [-0.1, -0.05) is 42.7 Å². The Bertz CT molecular complexity index is 741. The number of hydrogen-bond acceptors (Lipinski definition) is 6. The summed E-state index contributed by atoms with van der Waals surface area (Å²) in [6.45, 7) is 0.695. The quantitative estimate of drug-likeness (QED) is 0.476. The molecule has 1 aliphatic carbocycles. The lowest BCUT2D eigenvalue weighted by atomic mass is 9.89. The van der Waals surface area contributed by atoms with Gasteiger partial charge in [-0.15, -0.1) is 0 Å². The van der Waals surface area contributed by atoms with Crippen molar-refractivity contribution in [1.29, 1.82) is 0 Å². The van der Waals surface area contributed by atoms with Gasteiger partial charge in [-0.05, 0) is 32.0 Å². The summed E-state index contributed by atoms with van der Waals surface area (Å²) in [7, 11) is 1.88. The largest absolute Gasteiger partial charge is 0.622 e. The molecule has 2 unspecified atom stereocenters. The van der Waals surface area contributed by atoms with Gasteiger partial charge in [0.25, 0.3) is 11.4 Å². The predicted molar refractivity (Wildman–Crippen MR) is 98.7 cm³/mol. The molecule has 25 heavy (non-hydrogen) atoms. The Labute approximate surface area is 151 Å². The van der Waals surface area contributed by atoms with Crippen LogP contribution in [0.4, 0.5) is 5.13 Å². The second kappa shape index (κ2) is 6.64. The van der Waals surface area contributed by atoms with E-state index >= 15 is 0 Å². The minimum Gasteiger partial charge on any atom is -0.622 e. The summed E-state index contributed by atoms with van der Waals surface area (Å²) < 4.78 is 6.02. The van der Waals surface area contributed by atoms with E-state index in [1.54, 1.807) is 0 Å². The van der Waals surface area contributed by atoms with Gasteiger partial charge < -0.3 is 9.94 Å². The summed E-state index contributed by atoms with van der Waals surface area (Å²) in [6, 6.07) is 7.73. The number of likely N-dealkylation sites (N-methyl/N-ethyl adjacent to an activating group) is 1. The van der Waals surface area contributed by atoms with Crippen molar-refractivity contribution < 1.29 is 9.53 Å². The molecule has 0 amide bonds. The summed E-state index contributed by atoms with van der Waals surface area (Å²) >= 11 is 1.39. The maximum Gasteiger partial charge on any atom is 0.313 e. The van der Waals surface area contributed by atoms with Crippen molar-refractivity contribution in [3.8, 4) is 0 Å². The Hall–Kier alpha value is -1.54. The Morgan fingerprint density at radius 2 is 2.08 bits per heavy atom. The Balaban J connectivity index is 1.58. The first-order valence-electron chi connectivity index (χ1n) is 8.90. The first-order valence-corrected chi connectivity index (χ1v) is 9.72. The fourth-order valence-corrected chi connectivity index (χ4v) is 4.84. The first kappa shape index (κ1) is 16.9. The number of benzene rings is 1. The van der Waals surface area contributed by atoms with Crippen LogP contribution in [-0.2, 0) is 9.53 Å². The summed E-state index contributed by atoms with van der Waals surface area (Å²) in [5, 5.41) is 14.1. The highest BCUT2D eigenvalue weighted by Gasteiger charge is 2.45. The third-order valence-corrected chi connectivity index (χ3v) is 6.33. The van der Waals surface area contributed by atoms with E-state index < -0.39 is 10.9 Å². The number of ether oxygens (including phenoxy) is 1. The number of thiazole rings is 1. The minimum atomic E-state index is -0.736. The van der Waals surface area contributed by atoms with Crippen LogP contribution in [0.5, 0.6) is 0 Å².